The molecular formula is C15H25NO2. The van der Waals surface area contributed by atoms with Crippen LogP contribution in [0.2, 0.25) is 0 Å². The zero-order chi connectivity index (χ0) is 13.4. The summed E-state index contributed by atoms with van der Waals surface area (Å²) < 4.78 is 0. The molecule has 1 aliphatic rings. The number of rotatable bonds is 5. The molecular weight excluding hydrogens is 226 g/mol. The van der Waals surface area contributed by atoms with Crippen molar-refractivity contribution in [3.05, 3.63) is 24.3 Å². The van der Waals surface area contributed by atoms with Gasteiger partial charge in [0, 0.05) is 6.08 Å². The predicted octanol–water partition coefficient (Wildman–Crippen LogP) is 2.57. The second-order valence-electron chi connectivity index (χ2n) is 5.28. The smallest absolute Gasteiger partial charge is 0.244 e. The van der Waals surface area contributed by atoms with E-state index < -0.39 is 5.54 Å². The highest BCUT2D eigenvalue weighted by Gasteiger charge is 2.35. The third-order valence-corrected chi connectivity index (χ3v) is 3.79. The van der Waals surface area contributed by atoms with Gasteiger partial charge in [-0.05, 0) is 32.6 Å². The summed E-state index contributed by atoms with van der Waals surface area (Å²) in [6.45, 7) is 3.85. The molecule has 0 bridgehead atoms. The van der Waals surface area contributed by atoms with Crippen molar-refractivity contribution in [2.24, 2.45) is 5.92 Å². The van der Waals surface area contributed by atoms with Crippen LogP contribution in [0.25, 0.3) is 0 Å². The van der Waals surface area contributed by atoms with Gasteiger partial charge in [-0.25, -0.2) is 0 Å². The monoisotopic (exact) mass is 251 g/mol. The van der Waals surface area contributed by atoms with Gasteiger partial charge < -0.3 is 10.4 Å². The molecule has 0 radical (unpaired) electrons. The largest absolute Gasteiger partial charge is 0.394 e. The second-order valence-corrected chi connectivity index (χ2v) is 5.28. The third-order valence-electron chi connectivity index (χ3n) is 3.79. The minimum atomic E-state index is -0.488. The number of hydrogen-bond donors (Lipinski definition) is 2. The lowest BCUT2D eigenvalue weighted by Gasteiger charge is -2.39. The quantitative estimate of drug-likeness (QED) is 0.583. The van der Waals surface area contributed by atoms with E-state index in [1.807, 2.05) is 26.0 Å². The first-order chi connectivity index (χ1) is 8.62. The highest BCUT2D eigenvalue weighted by atomic mass is 16.3. The van der Waals surface area contributed by atoms with Gasteiger partial charge in [0.1, 0.15) is 0 Å². The standard InChI is InChI=1S/C15H25NO2/c1-3-4-6-11-14(18)16-15(2,12-17)13-9-7-5-8-10-13/h3-4,6,11,13,17H,5,7-10,12H2,1-2H3,(H,16,18). The number of amides is 1. The van der Waals surface area contributed by atoms with E-state index in [0.29, 0.717) is 5.92 Å². The number of carbonyl (C=O) groups excluding carboxylic acids is 1. The average molecular weight is 251 g/mol. The van der Waals surface area contributed by atoms with Crippen LogP contribution in [0.1, 0.15) is 46.0 Å². The third kappa shape index (κ3) is 4.30. The highest BCUT2D eigenvalue weighted by molar-refractivity contribution is 5.88. The van der Waals surface area contributed by atoms with Crippen LogP contribution in [-0.4, -0.2) is 23.2 Å². The van der Waals surface area contributed by atoms with E-state index in [4.69, 9.17) is 0 Å². The molecule has 1 rings (SSSR count). The Morgan fingerprint density at radius 2 is 2.00 bits per heavy atom. The van der Waals surface area contributed by atoms with Crippen molar-refractivity contribution in [1.29, 1.82) is 0 Å². The maximum absolute atomic E-state index is 11.8. The van der Waals surface area contributed by atoms with Gasteiger partial charge >= 0.3 is 0 Å². The van der Waals surface area contributed by atoms with Crippen LogP contribution < -0.4 is 5.32 Å². The summed E-state index contributed by atoms with van der Waals surface area (Å²) in [6.07, 6.45) is 12.8. The van der Waals surface area contributed by atoms with Crippen LogP contribution in [-0.2, 0) is 4.79 Å². The Morgan fingerprint density at radius 1 is 1.33 bits per heavy atom. The van der Waals surface area contributed by atoms with Crippen LogP contribution >= 0.6 is 0 Å². The van der Waals surface area contributed by atoms with Crippen molar-refractivity contribution >= 4 is 5.91 Å². The maximum Gasteiger partial charge on any atom is 0.244 e. The molecule has 102 valence electrons. The van der Waals surface area contributed by atoms with Gasteiger partial charge in [0.25, 0.3) is 0 Å². The van der Waals surface area contributed by atoms with Gasteiger partial charge in [-0.2, -0.15) is 0 Å². The molecule has 18 heavy (non-hydrogen) atoms. The highest BCUT2D eigenvalue weighted by Crippen LogP contribution is 2.32. The lowest BCUT2D eigenvalue weighted by molar-refractivity contribution is -0.119. The summed E-state index contributed by atoms with van der Waals surface area (Å²) in [4.78, 5) is 11.8. The molecule has 1 atom stereocenters. The fourth-order valence-electron chi connectivity index (χ4n) is 2.59. The van der Waals surface area contributed by atoms with E-state index >= 15 is 0 Å². The minimum Gasteiger partial charge on any atom is -0.394 e. The molecule has 1 amide bonds. The first-order valence-electron chi connectivity index (χ1n) is 6.85. The van der Waals surface area contributed by atoms with Crippen molar-refractivity contribution in [2.45, 2.75) is 51.5 Å². The van der Waals surface area contributed by atoms with Gasteiger partial charge in [-0.15, -0.1) is 0 Å². The molecule has 3 nitrogen and oxygen atoms in total. The summed E-state index contributed by atoms with van der Waals surface area (Å²) in [5.41, 5.74) is -0.488. The van der Waals surface area contributed by atoms with Crippen LogP contribution in [0.4, 0.5) is 0 Å². The molecule has 1 fully saturated rings. The van der Waals surface area contributed by atoms with Crippen LogP contribution in [0.15, 0.2) is 24.3 Å². The Kier molecular flexibility index (Phi) is 6.13. The fourth-order valence-corrected chi connectivity index (χ4v) is 2.59. The Morgan fingerprint density at radius 3 is 2.56 bits per heavy atom. The number of allylic oxidation sites excluding steroid dienone is 3. The summed E-state index contributed by atoms with van der Waals surface area (Å²) >= 11 is 0. The van der Waals surface area contributed by atoms with Crippen molar-refractivity contribution in [3.63, 3.8) is 0 Å². The van der Waals surface area contributed by atoms with E-state index in [0.717, 1.165) is 12.8 Å². The van der Waals surface area contributed by atoms with E-state index in [1.165, 1.54) is 25.3 Å². The van der Waals surface area contributed by atoms with Gasteiger partial charge in [-0.1, -0.05) is 37.5 Å². The maximum atomic E-state index is 11.8. The van der Waals surface area contributed by atoms with Crippen LogP contribution in [0.3, 0.4) is 0 Å². The summed E-state index contributed by atoms with van der Waals surface area (Å²) in [5, 5.41) is 12.6. The molecule has 0 saturated heterocycles. The Balaban J connectivity index is 2.60. The Labute approximate surface area is 110 Å². The van der Waals surface area contributed by atoms with Gasteiger partial charge in [0.15, 0.2) is 0 Å². The van der Waals surface area contributed by atoms with Crippen LogP contribution in [0.5, 0.6) is 0 Å². The minimum absolute atomic E-state index is 0.000857. The van der Waals surface area contributed by atoms with Crippen molar-refractivity contribution in [1.82, 2.24) is 5.32 Å². The lowest BCUT2D eigenvalue weighted by atomic mass is 9.76. The zero-order valence-corrected chi connectivity index (χ0v) is 11.5. The molecule has 3 heteroatoms. The first-order valence-corrected chi connectivity index (χ1v) is 6.85. The van der Waals surface area contributed by atoms with Gasteiger partial charge in [-0.3, -0.25) is 4.79 Å². The Bertz CT molecular complexity index is 316. The second kappa shape index (κ2) is 7.37. The number of aliphatic hydroxyl groups excluding tert-OH is 1. The number of hydrogen-bond acceptors (Lipinski definition) is 2. The topological polar surface area (TPSA) is 49.3 Å². The molecule has 0 aliphatic heterocycles. The van der Waals surface area contributed by atoms with Crippen molar-refractivity contribution < 1.29 is 9.90 Å². The molecule has 1 unspecified atom stereocenters. The predicted molar refractivity (Wildman–Crippen MR) is 74.2 cm³/mol. The summed E-state index contributed by atoms with van der Waals surface area (Å²) in [7, 11) is 0. The van der Waals surface area contributed by atoms with Crippen molar-refractivity contribution in [2.75, 3.05) is 6.61 Å². The first kappa shape index (κ1) is 15.0. The number of carbonyl (C=O) groups is 1. The molecule has 1 aliphatic carbocycles. The molecule has 0 spiro atoms. The summed E-state index contributed by atoms with van der Waals surface area (Å²) in [5.74, 6) is 0.255. The molecule has 0 heterocycles. The molecule has 2 N–H and O–H groups in total. The normalized spacial score (nSPS) is 21.3. The number of nitrogens with one attached hydrogen (secondary N) is 1. The van der Waals surface area contributed by atoms with E-state index in [1.54, 1.807) is 6.08 Å². The SMILES string of the molecule is CC=CC=CC(=O)NC(C)(CO)C1CCCCC1. The Hall–Kier alpha value is -1.09. The van der Waals surface area contributed by atoms with E-state index in [2.05, 4.69) is 5.32 Å². The van der Waals surface area contributed by atoms with Gasteiger partial charge in [0.2, 0.25) is 5.91 Å². The van der Waals surface area contributed by atoms with Gasteiger partial charge in [0.05, 0.1) is 12.1 Å². The zero-order valence-electron chi connectivity index (χ0n) is 11.5. The van der Waals surface area contributed by atoms with E-state index in [9.17, 15) is 9.90 Å². The molecule has 1 saturated carbocycles. The summed E-state index contributed by atoms with van der Waals surface area (Å²) in [6, 6.07) is 0. The fraction of sp³-hybridized carbons (Fsp3) is 0.667. The molecule has 0 aromatic heterocycles. The van der Waals surface area contributed by atoms with E-state index in [-0.39, 0.29) is 12.5 Å². The van der Waals surface area contributed by atoms with Crippen molar-refractivity contribution in [3.8, 4) is 0 Å². The average Bonchev–Trinajstić information content (AvgIpc) is 2.40. The lowest BCUT2D eigenvalue weighted by Crippen LogP contribution is -2.54. The molecule has 0 aromatic rings. The van der Waals surface area contributed by atoms with Crippen LogP contribution in [0, 0.1) is 5.92 Å². The molecule has 0 aromatic carbocycles. The number of aliphatic hydroxyl groups is 1.